The van der Waals surface area contributed by atoms with Crippen LogP contribution in [0.1, 0.15) is 71.6 Å². The van der Waals surface area contributed by atoms with Crippen LogP contribution >= 0.6 is 0 Å². The third-order valence-corrected chi connectivity index (χ3v) is 58.1. The van der Waals surface area contributed by atoms with Gasteiger partial charge in [-0.1, -0.05) is 0 Å². The molecule has 222 valence electrons. The Morgan fingerprint density at radius 3 is 1.47 bits per heavy atom. The zero-order valence-electron chi connectivity index (χ0n) is 27.7. The van der Waals surface area contributed by atoms with Gasteiger partial charge in [-0.15, -0.1) is 0 Å². The number of rotatable bonds is 7. The van der Waals surface area contributed by atoms with Gasteiger partial charge in [0.2, 0.25) is 0 Å². The molecule has 0 bridgehead atoms. The van der Waals surface area contributed by atoms with Gasteiger partial charge in [-0.3, -0.25) is 0 Å². The molecule has 6 rings (SSSR count). The molecule has 2 aliphatic carbocycles. The van der Waals surface area contributed by atoms with Gasteiger partial charge in [0.1, 0.15) is 0 Å². The molecule has 2 aliphatic rings. The van der Waals surface area contributed by atoms with Crippen molar-refractivity contribution in [3.8, 4) is 22.3 Å². The van der Waals surface area contributed by atoms with Crippen molar-refractivity contribution in [2.45, 2.75) is 73.0 Å². The summed E-state index contributed by atoms with van der Waals surface area (Å²) in [4.78, 5) is 0. The summed E-state index contributed by atoms with van der Waals surface area (Å²) >= 11 is -4.92. The standard InChI is InChI=1S/2C17H15.C4H9.3CH3.Hf.H2Si/c2*1-12-9-10-13(2)17(11-12)16-8-4-6-14-5-3-7-15(14)16;1-3-4-2;;;;;/h2*3-11H,1-2H3;1,3-4H2,2H3;3*1H3;;1H2. The SMILES string of the molecule is CCC[CH2][Hf]([CH3])([CH3])([CH3])(=[SiH2])([CH]1C=Cc2c(-c3cc(C)ccc3C)cccc21)[CH]1C=Cc2c(-c3cc(C)ccc3C)cccc21. The Kier molecular flexibility index (Phi) is 6.55. The van der Waals surface area contributed by atoms with E-state index in [1.165, 1.54) is 72.7 Å². The average Bonchev–Trinajstić information content (AvgIpc) is 3.62. The third kappa shape index (κ3) is 4.62. The molecule has 0 aromatic heterocycles. The van der Waals surface area contributed by atoms with Crippen LogP contribution in [-0.2, 0) is 14.2 Å². The monoisotopic (exact) mass is 750 g/mol. The van der Waals surface area contributed by atoms with Crippen molar-refractivity contribution in [1.82, 2.24) is 0 Å². The predicted octanol–water partition coefficient (Wildman–Crippen LogP) is 11.8. The van der Waals surface area contributed by atoms with E-state index in [0.717, 1.165) is 0 Å². The van der Waals surface area contributed by atoms with E-state index >= 15 is 0 Å². The maximum atomic E-state index is 2.83. The van der Waals surface area contributed by atoms with Crippen LogP contribution in [0.2, 0.25) is 18.2 Å². The minimum atomic E-state index is -4.92. The van der Waals surface area contributed by atoms with Crippen molar-refractivity contribution in [2.75, 3.05) is 0 Å². The van der Waals surface area contributed by atoms with Gasteiger partial charge in [0.15, 0.2) is 0 Å². The fourth-order valence-electron chi connectivity index (χ4n) is 9.25. The van der Waals surface area contributed by atoms with Crippen LogP contribution in [0.5, 0.6) is 0 Å². The Balaban J connectivity index is 1.59. The van der Waals surface area contributed by atoms with Crippen molar-refractivity contribution >= 4 is 19.1 Å². The Hall–Kier alpha value is -2.55. The molecule has 0 nitrogen and oxygen atoms in total. The van der Waals surface area contributed by atoms with E-state index < -0.39 is 14.2 Å². The summed E-state index contributed by atoms with van der Waals surface area (Å²) < 4.78 is 10.7. The molecule has 2 unspecified atom stereocenters. The molecule has 2 atom stereocenters. The van der Waals surface area contributed by atoms with E-state index in [4.69, 9.17) is 0 Å². The maximum absolute atomic E-state index is 4.92. The molecule has 0 heterocycles. The van der Waals surface area contributed by atoms with Crippen molar-refractivity contribution in [3.05, 3.63) is 129 Å². The molecule has 43 heavy (non-hydrogen) atoms. The second-order valence-electron chi connectivity index (χ2n) is 17.6. The van der Waals surface area contributed by atoms with Gasteiger partial charge >= 0.3 is 258 Å². The topological polar surface area (TPSA) is 0 Å². The molecular weight excluding hydrogens is 699 g/mol. The van der Waals surface area contributed by atoms with Gasteiger partial charge in [0.25, 0.3) is 0 Å². The predicted molar refractivity (Wildman–Crippen MR) is 192 cm³/mol. The molecule has 0 aliphatic heterocycles. The number of fused-ring (bicyclic) bond motifs is 2. The number of hydrogen-bond donors (Lipinski definition) is 0. The third-order valence-electron chi connectivity index (χ3n) is 12.1. The Bertz CT molecular complexity index is 1870. The molecule has 0 saturated carbocycles. The number of unbranched alkanes of at least 4 members (excludes halogenated alkanes) is 1. The van der Waals surface area contributed by atoms with Crippen LogP contribution in [0.3, 0.4) is 0 Å². The van der Waals surface area contributed by atoms with Gasteiger partial charge in [0, 0.05) is 0 Å². The summed E-state index contributed by atoms with van der Waals surface area (Å²) in [5.74, 6) is 0. The number of benzene rings is 4. The first kappa shape index (κ1) is 30.5. The van der Waals surface area contributed by atoms with Crippen molar-refractivity contribution in [3.63, 3.8) is 0 Å². The molecule has 2 heteroatoms. The molecule has 4 aromatic rings. The molecule has 0 fully saturated rings. The van der Waals surface area contributed by atoms with Gasteiger partial charge in [-0.2, -0.15) is 0 Å². The Labute approximate surface area is 256 Å². The summed E-state index contributed by atoms with van der Waals surface area (Å²) in [6.07, 6.45) is 12.8. The summed E-state index contributed by atoms with van der Waals surface area (Å²) in [5.41, 5.74) is 16.9. The molecule has 0 saturated heterocycles. The second kappa shape index (κ2) is 9.24. The zero-order valence-corrected chi connectivity index (χ0v) is 32.7. The van der Waals surface area contributed by atoms with Crippen LogP contribution in [0, 0.1) is 27.7 Å². The normalized spacial score (nSPS) is 19.8. The fraction of sp³-hybridized carbons (Fsp3) is 0.317. The molecule has 4 aromatic carbocycles. The van der Waals surface area contributed by atoms with Crippen molar-refractivity contribution in [2.24, 2.45) is 0 Å². The van der Waals surface area contributed by atoms with E-state index in [9.17, 15) is 0 Å². The Morgan fingerprint density at radius 1 is 0.605 bits per heavy atom. The summed E-state index contributed by atoms with van der Waals surface area (Å²) in [5, 5.41) is 0. The van der Waals surface area contributed by atoms with E-state index in [1.807, 2.05) is 0 Å². The summed E-state index contributed by atoms with van der Waals surface area (Å²) in [6, 6.07) is 28.1. The van der Waals surface area contributed by atoms with E-state index in [-0.39, 0.29) is 0 Å². The number of allylic oxidation sites excluding steroid dienone is 2. The van der Waals surface area contributed by atoms with E-state index in [2.05, 4.69) is 153 Å². The Morgan fingerprint density at radius 2 is 1.05 bits per heavy atom. The zero-order chi connectivity index (χ0) is 30.9. The minimum absolute atomic E-state index is 0.430. The molecule has 0 radical (unpaired) electrons. The van der Waals surface area contributed by atoms with E-state index in [1.54, 1.807) is 11.1 Å². The van der Waals surface area contributed by atoms with Gasteiger partial charge < -0.3 is 0 Å². The van der Waals surface area contributed by atoms with Crippen molar-refractivity contribution in [1.29, 1.82) is 0 Å². The number of hydrogen-bond acceptors (Lipinski definition) is 0. The summed E-state index contributed by atoms with van der Waals surface area (Å²) in [7, 11) is 0. The van der Waals surface area contributed by atoms with Crippen molar-refractivity contribution < 1.29 is 14.2 Å². The first-order valence-electron chi connectivity index (χ1n) is 16.4. The van der Waals surface area contributed by atoms with Crippen LogP contribution in [-0.4, -0.2) is 6.94 Å². The van der Waals surface area contributed by atoms with Crippen LogP contribution in [0.15, 0.2) is 84.9 Å². The van der Waals surface area contributed by atoms with Crippen LogP contribution in [0.4, 0.5) is 0 Å². The van der Waals surface area contributed by atoms with E-state index in [0.29, 0.717) is 7.35 Å². The molecular formula is C41H50HfSi. The van der Waals surface area contributed by atoms with Crippen LogP contribution in [0.25, 0.3) is 34.4 Å². The average molecular weight is 749 g/mol. The number of aryl methyl sites for hydroxylation is 4. The summed E-state index contributed by atoms with van der Waals surface area (Å²) in [6.45, 7) is 13.8. The molecule has 0 spiro atoms. The first-order chi connectivity index (χ1) is 20.1. The van der Waals surface area contributed by atoms with Gasteiger partial charge in [-0.05, 0) is 0 Å². The van der Waals surface area contributed by atoms with Crippen LogP contribution < -0.4 is 0 Å². The van der Waals surface area contributed by atoms with Gasteiger partial charge in [0.05, 0.1) is 0 Å². The molecule has 0 amide bonds. The second-order valence-corrected chi connectivity index (χ2v) is 99.3. The fourth-order valence-corrected chi connectivity index (χ4v) is 48.7. The van der Waals surface area contributed by atoms with Gasteiger partial charge in [-0.25, -0.2) is 0 Å². The first-order valence-corrected chi connectivity index (χ1v) is 42.2. The molecule has 0 N–H and O–H groups in total. The quantitative estimate of drug-likeness (QED) is 0.165.